The summed E-state index contributed by atoms with van der Waals surface area (Å²) in [6.45, 7) is 8.21. The quantitative estimate of drug-likeness (QED) is 0.199. The lowest BCUT2D eigenvalue weighted by Gasteiger charge is -2.31. The molecule has 8 heteroatoms. The molecule has 0 saturated carbocycles. The van der Waals surface area contributed by atoms with Gasteiger partial charge in [0.2, 0.25) is 10.0 Å². The summed E-state index contributed by atoms with van der Waals surface area (Å²) < 4.78 is 36.1. The normalized spacial score (nSPS) is 15.3. The molecular formula is C32H35N3O3S2. The molecule has 5 rings (SSSR count). The number of ether oxygens (including phenoxy) is 1. The highest BCUT2D eigenvalue weighted by atomic mass is 32.2. The van der Waals surface area contributed by atoms with Crippen molar-refractivity contribution in [2.75, 3.05) is 19.7 Å². The van der Waals surface area contributed by atoms with Crippen molar-refractivity contribution >= 4 is 27.0 Å². The number of allylic oxidation sites excluding steroid dienone is 1. The molecule has 3 aromatic carbocycles. The summed E-state index contributed by atoms with van der Waals surface area (Å²) in [4.78, 5) is 6.01. The lowest BCUT2D eigenvalue weighted by Crippen LogP contribution is -2.38. The smallest absolute Gasteiger partial charge is 0.243 e. The van der Waals surface area contributed by atoms with E-state index in [2.05, 4.69) is 40.8 Å². The van der Waals surface area contributed by atoms with Gasteiger partial charge in [0.1, 0.15) is 5.75 Å². The molecule has 1 aromatic heterocycles. The van der Waals surface area contributed by atoms with Crippen LogP contribution in [0.25, 0.3) is 11.3 Å². The number of rotatable bonds is 10. The number of thiazole rings is 1. The highest BCUT2D eigenvalue weighted by Crippen LogP contribution is 2.28. The molecule has 0 radical (unpaired) electrons. The van der Waals surface area contributed by atoms with E-state index in [4.69, 9.17) is 9.73 Å². The Labute approximate surface area is 241 Å². The molecule has 0 aliphatic carbocycles. The Bertz CT molecular complexity index is 1580. The lowest BCUT2D eigenvalue weighted by atomic mass is 9.91. The molecule has 1 fully saturated rings. The predicted octanol–water partition coefficient (Wildman–Crippen LogP) is 6.68. The maximum atomic E-state index is 13.4. The van der Waals surface area contributed by atoms with Gasteiger partial charge in [-0.3, -0.25) is 0 Å². The zero-order valence-corrected chi connectivity index (χ0v) is 24.4. The highest BCUT2D eigenvalue weighted by Gasteiger charge is 2.29. The van der Waals surface area contributed by atoms with Crippen molar-refractivity contribution < 1.29 is 13.2 Å². The van der Waals surface area contributed by atoms with Crippen LogP contribution < -0.4 is 9.54 Å². The van der Waals surface area contributed by atoms with Gasteiger partial charge in [-0.2, -0.15) is 4.31 Å². The minimum Gasteiger partial charge on any atom is -0.494 e. The van der Waals surface area contributed by atoms with Crippen LogP contribution in [-0.2, 0) is 23.0 Å². The second kappa shape index (κ2) is 12.8. The number of nitrogens with zero attached hydrogens (tertiary/aromatic N) is 3. The number of hydrogen-bond donors (Lipinski definition) is 0. The number of piperidine rings is 1. The van der Waals surface area contributed by atoms with E-state index >= 15 is 0 Å². The van der Waals surface area contributed by atoms with E-state index in [-0.39, 0.29) is 0 Å². The predicted molar refractivity (Wildman–Crippen MR) is 162 cm³/mol. The molecule has 40 heavy (non-hydrogen) atoms. The van der Waals surface area contributed by atoms with Crippen molar-refractivity contribution in [1.29, 1.82) is 0 Å². The number of aromatic nitrogens is 1. The van der Waals surface area contributed by atoms with Crippen molar-refractivity contribution in [3.63, 3.8) is 0 Å². The molecule has 1 aliphatic rings. The van der Waals surface area contributed by atoms with Gasteiger partial charge in [-0.1, -0.05) is 48.5 Å². The van der Waals surface area contributed by atoms with Gasteiger partial charge in [-0.15, -0.1) is 17.9 Å². The Morgan fingerprint density at radius 1 is 1.00 bits per heavy atom. The van der Waals surface area contributed by atoms with Crippen molar-refractivity contribution in [1.82, 2.24) is 8.87 Å². The number of hydrogen-bond acceptors (Lipinski definition) is 5. The summed E-state index contributed by atoms with van der Waals surface area (Å²) >= 11 is 1.54. The van der Waals surface area contributed by atoms with Gasteiger partial charge < -0.3 is 9.30 Å². The van der Waals surface area contributed by atoms with Crippen LogP contribution in [0.4, 0.5) is 5.69 Å². The van der Waals surface area contributed by atoms with E-state index in [0.29, 0.717) is 37.1 Å². The third-order valence-electron chi connectivity index (χ3n) is 7.21. The molecule has 0 unspecified atom stereocenters. The highest BCUT2D eigenvalue weighted by molar-refractivity contribution is 7.89. The first kappa shape index (κ1) is 28.1. The van der Waals surface area contributed by atoms with Crippen LogP contribution in [0, 0.1) is 5.92 Å². The zero-order valence-electron chi connectivity index (χ0n) is 22.8. The average molecular weight is 574 g/mol. The van der Waals surface area contributed by atoms with E-state index in [1.165, 1.54) is 5.56 Å². The molecule has 6 nitrogen and oxygen atoms in total. The van der Waals surface area contributed by atoms with E-state index < -0.39 is 10.0 Å². The Morgan fingerprint density at radius 3 is 2.35 bits per heavy atom. The summed E-state index contributed by atoms with van der Waals surface area (Å²) in [5.41, 5.74) is 4.06. The Morgan fingerprint density at radius 2 is 1.70 bits per heavy atom. The summed E-state index contributed by atoms with van der Waals surface area (Å²) in [6.07, 6.45) is 4.60. The minimum atomic E-state index is -3.54. The number of sulfonamides is 1. The van der Waals surface area contributed by atoms with E-state index in [1.54, 1.807) is 27.8 Å². The standard InChI is InChI=1S/C32H35N3O3S2/c1-3-20-35-31(24-39-32(35)33-28-12-14-29(15-13-28)38-4-2)27-10-16-30(17-11-27)40(36,37)34-21-18-26(19-22-34)23-25-8-6-5-7-9-25/h3,5-17,24,26H,1,4,18-23H2,2H3. The maximum Gasteiger partial charge on any atom is 0.243 e. The Hall–Kier alpha value is -3.46. The second-order valence-electron chi connectivity index (χ2n) is 9.90. The second-order valence-corrected chi connectivity index (χ2v) is 12.7. The fraction of sp³-hybridized carbons (Fsp3) is 0.281. The van der Waals surface area contributed by atoms with Gasteiger partial charge >= 0.3 is 0 Å². The SMILES string of the molecule is C=CCn1c(-c2ccc(S(=O)(=O)N3CCC(Cc4ccccc4)CC3)cc2)csc1=Nc1ccc(OCC)cc1. The maximum absolute atomic E-state index is 13.4. The van der Waals surface area contributed by atoms with E-state index in [9.17, 15) is 8.42 Å². The van der Waals surface area contributed by atoms with Gasteiger partial charge in [0.15, 0.2) is 4.80 Å². The van der Waals surface area contributed by atoms with E-state index in [0.717, 1.165) is 46.8 Å². The minimum absolute atomic E-state index is 0.336. The first-order valence-corrected chi connectivity index (χ1v) is 16.0. The van der Waals surface area contributed by atoms with Crippen molar-refractivity contribution in [3.05, 3.63) is 107 Å². The molecule has 208 valence electrons. The molecule has 1 aliphatic heterocycles. The Kier molecular flexibility index (Phi) is 8.99. The average Bonchev–Trinajstić information content (AvgIpc) is 3.37. The van der Waals surface area contributed by atoms with Crippen LogP contribution in [0.2, 0.25) is 0 Å². The molecular weight excluding hydrogens is 539 g/mol. The molecule has 2 heterocycles. The molecule has 1 saturated heterocycles. The molecule has 4 aromatic rings. The third-order valence-corrected chi connectivity index (χ3v) is 9.99. The van der Waals surface area contributed by atoms with Gasteiger partial charge in [0.25, 0.3) is 0 Å². The lowest BCUT2D eigenvalue weighted by molar-refractivity contribution is 0.273. The molecule has 0 bridgehead atoms. The van der Waals surface area contributed by atoms with E-state index in [1.807, 2.05) is 55.5 Å². The summed E-state index contributed by atoms with van der Waals surface area (Å²) in [5, 5.41) is 2.05. The first-order chi connectivity index (χ1) is 19.5. The van der Waals surface area contributed by atoms with Crippen molar-refractivity contribution in [2.24, 2.45) is 10.9 Å². The summed E-state index contributed by atoms with van der Waals surface area (Å²) in [5.74, 6) is 1.33. The summed E-state index contributed by atoms with van der Waals surface area (Å²) in [7, 11) is -3.54. The molecule has 0 spiro atoms. The Balaban J connectivity index is 1.31. The topological polar surface area (TPSA) is 63.9 Å². The van der Waals surface area contributed by atoms with Crippen molar-refractivity contribution in [3.8, 4) is 17.0 Å². The fourth-order valence-electron chi connectivity index (χ4n) is 5.10. The fourth-order valence-corrected chi connectivity index (χ4v) is 7.51. The van der Waals surface area contributed by atoms with Gasteiger partial charge in [-0.25, -0.2) is 13.4 Å². The van der Waals surface area contributed by atoms with Crippen LogP contribution in [0.15, 0.2) is 107 Å². The molecule has 0 amide bonds. The monoisotopic (exact) mass is 573 g/mol. The van der Waals surface area contributed by atoms with Crippen LogP contribution in [0.1, 0.15) is 25.3 Å². The van der Waals surface area contributed by atoms with Gasteiger partial charge in [-0.05, 0) is 79.6 Å². The largest absolute Gasteiger partial charge is 0.494 e. The first-order valence-electron chi connectivity index (χ1n) is 13.7. The summed E-state index contributed by atoms with van der Waals surface area (Å²) in [6, 6.07) is 25.4. The van der Waals surface area contributed by atoms with Crippen LogP contribution in [0.3, 0.4) is 0 Å². The van der Waals surface area contributed by atoms with Crippen molar-refractivity contribution in [2.45, 2.75) is 37.6 Å². The zero-order chi connectivity index (χ0) is 28.0. The number of benzene rings is 3. The van der Waals surface area contributed by atoms with Crippen LogP contribution >= 0.6 is 11.3 Å². The van der Waals surface area contributed by atoms with Crippen LogP contribution in [0.5, 0.6) is 5.75 Å². The third kappa shape index (κ3) is 6.46. The molecule has 0 N–H and O–H groups in total. The van der Waals surface area contributed by atoms with Crippen LogP contribution in [-0.4, -0.2) is 37.0 Å². The van der Waals surface area contributed by atoms with Gasteiger partial charge in [0, 0.05) is 25.0 Å². The van der Waals surface area contributed by atoms with Gasteiger partial charge in [0.05, 0.1) is 22.9 Å². The molecule has 0 atom stereocenters.